The van der Waals surface area contributed by atoms with Crippen LogP contribution in [0.15, 0.2) is 0 Å². The molecule has 0 spiro atoms. The minimum atomic E-state index is 0.0753. The van der Waals surface area contributed by atoms with Crippen LogP contribution in [0.4, 0.5) is 0 Å². The van der Waals surface area contributed by atoms with Gasteiger partial charge in [-0.25, -0.2) is 0 Å². The monoisotopic (exact) mass is 311 g/mol. The van der Waals surface area contributed by atoms with Gasteiger partial charge in [0.05, 0.1) is 12.7 Å². The second kappa shape index (κ2) is 8.85. The summed E-state index contributed by atoms with van der Waals surface area (Å²) in [5, 5.41) is 3.07. The Balaban J connectivity index is 1.48. The smallest absolute Gasteiger partial charge is 0.222 e. The van der Waals surface area contributed by atoms with Crippen LogP contribution in [0.2, 0.25) is 0 Å². The van der Waals surface area contributed by atoms with Crippen LogP contribution >= 0.6 is 0 Å². The number of hydrogen-bond donors (Lipinski definition) is 1. The van der Waals surface area contributed by atoms with Gasteiger partial charge in [0, 0.05) is 44.7 Å². The van der Waals surface area contributed by atoms with Crippen LogP contribution in [-0.4, -0.2) is 73.7 Å². The van der Waals surface area contributed by atoms with E-state index in [0.29, 0.717) is 12.1 Å². The molecule has 1 aliphatic carbocycles. The van der Waals surface area contributed by atoms with Crippen LogP contribution < -0.4 is 5.32 Å². The predicted octanol–water partition coefficient (Wildman–Crippen LogP) is 1.33. The quantitative estimate of drug-likeness (QED) is 0.735. The summed E-state index contributed by atoms with van der Waals surface area (Å²) >= 11 is 0. The first-order valence-corrected chi connectivity index (χ1v) is 8.95. The lowest BCUT2D eigenvalue weighted by atomic mass is 9.89. The van der Waals surface area contributed by atoms with Gasteiger partial charge in [-0.2, -0.15) is 0 Å². The average Bonchev–Trinajstić information content (AvgIpc) is 2.46. The average molecular weight is 311 g/mol. The molecule has 2 fully saturated rings. The van der Waals surface area contributed by atoms with Gasteiger partial charge in [-0.05, 0) is 25.8 Å². The minimum absolute atomic E-state index is 0.0753. The van der Waals surface area contributed by atoms with Crippen molar-refractivity contribution in [2.45, 2.75) is 52.2 Å². The summed E-state index contributed by atoms with van der Waals surface area (Å²) in [4.78, 5) is 16.6. The van der Waals surface area contributed by atoms with Gasteiger partial charge in [-0.3, -0.25) is 9.69 Å². The van der Waals surface area contributed by atoms with E-state index in [1.165, 1.54) is 39.1 Å². The molecule has 1 saturated heterocycles. The third-order valence-electron chi connectivity index (χ3n) is 4.73. The molecule has 5 nitrogen and oxygen atoms in total. The summed E-state index contributed by atoms with van der Waals surface area (Å²) in [6, 6.07) is 0.331. The summed E-state index contributed by atoms with van der Waals surface area (Å²) in [6.45, 7) is 13.9. The molecular weight excluding hydrogens is 278 g/mol. The molecule has 0 unspecified atom stereocenters. The predicted molar refractivity (Wildman–Crippen MR) is 88.9 cm³/mol. The number of rotatable bonds is 8. The molecule has 0 aromatic rings. The summed E-state index contributed by atoms with van der Waals surface area (Å²) < 4.78 is 5.92. The Morgan fingerprint density at radius 2 is 1.73 bits per heavy atom. The topological polar surface area (TPSA) is 44.8 Å². The fourth-order valence-corrected chi connectivity index (χ4v) is 3.09. The van der Waals surface area contributed by atoms with Crippen LogP contribution in [-0.2, 0) is 9.53 Å². The molecule has 1 aliphatic heterocycles. The molecule has 22 heavy (non-hydrogen) atoms. The zero-order chi connectivity index (χ0) is 15.9. The maximum Gasteiger partial charge on any atom is 0.222 e. The molecule has 0 atom stereocenters. The van der Waals surface area contributed by atoms with E-state index in [4.69, 9.17) is 4.74 Å². The molecule has 0 aromatic carbocycles. The molecule has 0 radical (unpaired) electrons. The van der Waals surface area contributed by atoms with Gasteiger partial charge >= 0.3 is 0 Å². The van der Waals surface area contributed by atoms with Crippen molar-refractivity contribution in [3.8, 4) is 0 Å². The number of amides is 1. The highest BCUT2D eigenvalue weighted by Crippen LogP contribution is 2.23. The van der Waals surface area contributed by atoms with Gasteiger partial charge in [0.25, 0.3) is 0 Å². The third kappa shape index (κ3) is 5.52. The first kappa shape index (κ1) is 17.7. The highest BCUT2D eigenvalue weighted by atomic mass is 16.5. The fourth-order valence-electron chi connectivity index (χ4n) is 3.09. The minimum Gasteiger partial charge on any atom is -0.377 e. The Labute approximate surface area is 135 Å². The second-order valence-corrected chi connectivity index (χ2v) is 7.01. The van der Waals surface area contributed by atoms with Crippen LogP contribution in [0.25, 0.3) is 0 Å². The van der Waals surface area contributed by atoms with E-state index < -0.39 is 0 Å². The normalized spacial score (nSPS) is 26.9. The van der Waals surface area contributed by atoms with Gasteiger partial charge in [-0.1, -0.05) is 20.8 Å². The number of nitrogens with one attached hydrogen (secondary N) is 1. The van der Waals surface area contributed by atoms with Crippen molar-refractivity contribution >= 4 is 5.91 Å². The lowest BCUT2D eigenvalue weighted by molar-refractivity contribution is -0.126. The Bertz CT molecular complexity index is 335. The standard InChI is InChI=1S/C17H33N3O2/c1-4-5-19-6-8-20(9-7-19)10-11-22-16-12-15(13-16)18-17(21)14(2)3/h14-16H,4-13H2,1-3H3,(H,18,21). The van der Waals surface area contributed by atoms with Crippen LogP contribution in [0.5, 0.6) is 0 Å². The van der Waals surface area contributed by atoms with E-state index in [-0.39, 0.29) is 11.8 Å². The SMILES string of the molecule is CCCN1CCN(CCOC2CC(NC(=O)C(C)C)C2)CC1. The first-order chi connectivity index (χ1) is 10.6. The van der Waals surface area contributed by atoms with Crippen molar-refractivity contribution in [2.24, 2.45) is 5.92 Å². The van der Waals surface area contributed by atoms with Crippen LogP contribution in [0, 0.1) is 5.92 Å². The molecule has 1 amide bonds. The summed E-state index contributed by atoms with van der Waals surface area (Å²) in [5.41, 5.74) is 0. The summed E-state index contributed by atoms with van der Waals surface area (Å²) in [6.07, 6.45) is 3.55. The Morgan fingerprint density at radius 3 is 2.27 bits per heavy atom. The zero-order valence-electron chi connectivity index (χ0n) is 14.5. The Hall–Kier alpha value is -0.650. The van der Waals surface area contributed by atoms with Crippen LogP contribution in [0.3, 0.4) is 0 Å². The van der Waals surface area contributed by atoms with E-state index in [0.717, 1.165) is 26.0 Å². The molecule has 1 N–H and O–H groups in total. The van der Waals surface area contributed by atoms with Crippen molar-refractivity contribution in [1.29, 1.82) is 0 Å². The third-order valence-corrected chi connectivity index (χ3v) is 4.73. The van der Waals surface area contributed by atoms with Crippen molar-refractivity contribution in [1.82, 2.24) is 15.1 Å². The van der Waals surface area contributed by atoms with Crippen molar-refractivity contribution in [3.05, 3.63) is 0 Å². The molecule has 2 aliphatic rings. The highest BCUT2D eigenvalue weighted by molar-refractivity contribution is 5.78. The van der Waals surface area contributed by atoms with Gasteiger partial charge in [-0.15, -0.1) is 0 Å². The number of carbonyl (C=O) groups is 1. The molecule has 2 rings (SSSR count). The number of ether oxygens (including phenoxy) is 1. The zero-order valence-corrected chi connectivity index (χ0v) is 14.5. The molecule has 1 saturated carbocycles. The lowest BCUT2D eigenvalue weighted by Gasteiger charge is -2.37. The molecule has 1 heterocycles. The maximum atomic E-state index is 11.6. The fraction of sp³-hybridized carbons (Fsp3) is 0.941. The van der Waals surface area contributed by atoms with E-state index in [1.54, 1.807) is 0 Å². The second-order valence-electron chi connectivity index (χ2n) is 7.01. The maximum absolute atomic E-state index is 11.6. The Kier molecular flexibility index (Phi) is 7.12. The largest absolute Gasteiger partial charge is 0.377 e. The molecule has 0 bridgehead atoms. The highest BCUT2D eigenvalue weighted by Gasteiger charge is 2.31. The van der Waals surface area contributed by atoms with Crippen molar-refractivity contribution in [3.63, 3.8) is 0 Å². The van der Waals surface area contributed by atoms with E-state index in [2.05, 4.69) is 22.0 Å². The molecule has 0 aromatic heterocycles. The van der Waals surface area contributed by atoms with Gasteiger partial charge in [0.1, 0.15) is 0 Å². The van der Waals surface area contributed by atoms with Crippen molar-refractivity contribution < 1.29 is 9.53 Å². The number of piperazine rings is 1. The van der Waals surface area contributed by atoms with E-state index >= 15 is 0 Å². The van der Waals surface area contributed by atoms with E-state index in [1.807, 2.05) is 13.8 Å². The lowest BCUT2D eigenvalue weighted by Crippen LogP contribution is -2.50. The van der Waals surface area contributed by atoms with Gasteiger partial charge in [0.15, 0.2) is 0 Å². The van der Waals surface area contributed by atoms with Gasteiger partial charge < -0.3 is 15.0 Å². The van der Waals surface area contributed by atoms with Crippen molar-refractivity contribution in [2.75, 3.05) is 45.9 Å². The summed E-state index contributed by atoms with van der Waals surface area (Å²) in [7, 11) is 0. The number of carbonyl (C=O) groups excluding carboxylic acids is 1. The Morgan fingerprint density at radius 1 is 1.14 bits per heavy atom. The summed E-state index contributed by atoms with van der Waals surface area (Å²) in [5.74, 6) is 0.236. The van der Waals surface area contributed by atoms with Crippen LogP contribution in [0.1, 0.15) is 40.0 Å². The molecule has 5 heteroatoms. The van der Waals surface area contributed by atoms with E-state index in [9.17, 15) is 4.79 Å². The number of nitrogens with zero attached hydrogens (tertiary/aromatic N) is 2. The van der Waals surface area contributed by atoms with Gasteiger partial charge in [0.2, 0.25) is 5.91 Å². The molecular formula is C17H33N3O2. The number of hydrogen-bond acceptors (Lipinski definition) is 4. The first-order valence-electron chi connectivity index (χ1n) is 8.95. The molecule has 128 valence electrons.